The minimum Gasteiger partial charge on any atom is -0.489 e. The molecule has 198 valence electrons. The van der Waals surface area contributed by atoms with Gasteiger partial charge in [0.25, 0.3) is 0 Å². The van der Waals surface area contributed by atoms with Gasteiger partial charge in [0.2, 0.25) is 5.95 Å². The van der Waals surface area contributed by atoms with Crippen LogP contribution in [0.4, 0.5) is 34.6 Å². The highest BCUT2D eigenvalue weighted by molar-refractivity contribution is 7.90. The second-order valence-electron chi connectivity index (χ2n) is 9.18. The normalized spacial score (nSPS) is 14.6. The molecule has 3 aromatic rings. The van der Waals surface area contributed by atoms with Crippen LogP contribution in [0.3, 0.4) is 0 Å². The predicted molar refractivity (Wildman–Crippen MR) is 147 cm³/mol. The number of anilines is 6. The summed E-state index contributed by atoms with van der Waals surface area (Å²) in [5.41, 5.74) is 7.99. The number of para-hydroxylation sites is 1. The molecule has 0 unspecified atom stereocenters. The van der Waals surface area contributed by atoms with E-state index in [2.05, 4.69) is 25.5 Å². The highest BCUT2D eigenvalue weighted by Crippen LogP contribution is 2.36. The Labute approximate surface area is 221 Å². The van der Waals surface area contributed by atoms with Gasteiger partial charge in [-0.3, -0.25) is 0 Å². The predicted octanol–water partition coefficient (Wildman–Crippen LogP) is 4.35. The van der Waals surface area contributed by atoms with Gasteiger partial charge in [-0.25, -0.2) is 8.42 Å². The number of piperidine rings is 1. The fourth-order valence-corrected chi connectivity index (χ4v) is 5.01. The summed E-state index contributed by atoms with van der Waals surface area (Å²) in [6.45, 7) is 5.39. The van der Waals surface area contributed by atoms with E-state index in [0.717, 1.165) is 37.9 Å². The van der Waals surface area contributed by atoms with Gasteiger partial charge in [-0.1, -0.05) is 23.7 Å². The third kappa shape index (κ3) is 6.54. The zero-order valence-corrected chi connectivity index (χ0v) is 22.5. The average molecular weight is 547 g/mol. The molecular weight excluding hydrogens is 516 g/mol. The van der Waals surface area contributed by atoms with E-state index in [0.29, 0.717) is 17.1 Å². The SMILES string of the molecule is CC(C)Oc1cc(N2CCC(O)CC2)ccc1Nc1nc(N)c(Cl)c(Nc2ccccc2S(C)(=O)=O)n1. The second kappa shape index (κ2) is 11.0. The molecule has 0 amide bonds. The number of benzene rings is 2. The van der Waals surface area contributed by atoms with Crippen molar-refractivity contribution in [1.82, 2.24) is 9.97 Å². The van der Waals surface area contributed by atoms with Gasteiger partial charge < -0.3 is 31.1 Å². The maximum atomic E-state index is 12.2. The van der Waals surface area contributed by atoms with E-state index in [4.69, 9.17) is 22.1 Å². The molecule has 37 heavy (non-hydrogen) atoms. The molecule has 2 heterocycles. The lowest BCUT2D eigenvalue weighted by molar-refractivity contribution is 0.145. The highest BCUT2D eigenvalue weighted by atomic mass is 35.5. The highest BCUT2D eigenvalue weighted by Gasteiger charge is 2.20. The number of sulfone groups is 1. The Morgan fingerprint density at radius 1 is 1.11 bits per heavy atom. The standard InChI is InChI=1S/C25H31ClN6O4S/c1-15(2)36-20-14-16(32-12-10-17(33)11-13-32)8-9-18(20)29-25-30-23(27)22(26)24(31-25)28-19-6-4-5-7-21(19)37(3,34)35/h4-9,14-15,17,33H,10-13H2,1-3H3,(H4,27,28,29,30,31). The molecule has 1 aliphatic heterocycles. The van der Waals surface area contributed by atoms with Gasteiger partial charge in [0.05, 0.1) is 28.5 Å². The van der Waals surface area contributed by atoms with Crippen LogP contribution in [-0.2, 0) is 9.84 Å². The van der Waals surface area contributed by atoms with Crippen LogP contribution >= 0.6 is 11.6 Å². The van der Waals surface area contributed by atoms with Crippen molar-refractivity contribution in [3.05, 3.63) is 47.5 Å². The largest absolute Gasteiger partial charge is 0.489 e. The van der Waals surface area contributed by atoms with E-state index in [-0.39, 0.29) is 39.7 Å². The Kier molecular flexibility index (Phi) is 7.96. The van der Waals surface area contributed by atoms with Crippen LogP contribution in [0.15, 0.2) is 47.4 Å². The molecular formula is C25H31ClN6O4S. The number of hydrogen-bond acceptors (Lipinski definition) is 10. The molecule has 1 aromatic heterocycles. The number of nitrogens with one attached hydrogen (secondary N) is 2. The molecule has 10 nitrogen and oxygen atoms in total. The van der Waals surface area contributed by atoms with Gasteiger partial charge in [0.15, 0.2) is 15.7 Å². The van der Waals surface area contributed by atoms with Crippen molar-refractivity contribution in [3.8, 4) is 5.75 Å². The molecule has 0 saturated carbocycles. The minimum atomic E-state index is -3.50. The molecule has 0 bridgehead atoms. The Balaban J connectivity index is 1.65. The quantitative estimate of drug-likeness (QED) is 0.322. The number of nitrogen functional groups attached to an aromatic ring is 1. The van der Waals surface area contributed by atoms with E-state index in [1.54, 1.807) is 18.2 Å². The van der Waals surface area contributed by atoms with Crippen LogP contribution < -0.4 is 26.0 Å². The Hall–Kier alpha value is -3.28. The number of aliphatic hydroxyl groups excluding tert-OH is 1. The first kappa shape index (κ1) is 26.8. The van der Waals surface area contributed by atoms with Crippen LogP contribution in [0.2, 0.25) is 5.02 Å². The number of aromatic nitrogens is 2. The molecule has 1 fully saturated rings. The lowest BCUT2D eigenvalue weighted by Gasteiger charge is -2.32. The third-order valence-electron chi connectivity index (χ3n) is 5.82. The summed E-state index contributed by atoms with van der Waals surface area (Å²) in [4.78, 5) is 11.0. The molecule has 5 N–H and O–H groups in total. The average Bonchev–Trinajstić information content (AvgIpc) is 2.83. The summed E-state index contributed by atoms with van der Waals surface area (Å²) in [7, 11) is -3.50. The lowest BCUT2D eigenvalue weighted by Crippen LogP contribution is -2.35. The number of rotatable bonds is 8. The van der Waals surface area contributed by atoms with Gasteiger partial charge in [-0.05, 0) is 51.0 Å². The van der Waals surface area contributed by atoms with Crippen molar-refractivity contribution in [2.45, 2.75) is 43.8 Å². The van der Waals surface area contributed by atoms with Crippen LogP contribution in [0.1, 0.15) is 26.7 Å². The number of ether oxygens (including phenoxy) is 1. The second-order valence-corrected chi connectivity index (χ2v) is 11.5. The summed E-state index contributed by atoms with van der Waals surface area (Å²) in [6, 6.07) is 12.2. The Morgan fingerprint density at radius 3 is 2.49 bits per heavy atom. The van der Waals surface area contributed by atoms with Gasteiger partial charge >= 0.3 is 0 Å². The topological polar surface area (TPSA) is 143 Å². The number of aliphatic hydroxyl groups is 1. The van der Waals surface area contributed by atoms with E-state index >= 15 is 0 Å². The van der Waals surface area contributed by atoms with Crippen molar-refractivity contribution in [1.29, 1.82) is 0 Å². The van der Waals surface area contributed by atoms with Gasteiger partial charge in [0, 0.05) is 31.1 Å². The first-order valence-corrected chi connectivity index (χ1v) is 14.2. The van der Waals surface area contributed by atoms with Crippen molar-refractivity contribution >= 4 is 56.1 Å². The number of halogens is 1. The zero-order valence-electron chi connectivity index (χ0n) is 20.9. The molecule has 12 heteroatoms. The van der Waals surface area contributed by atoms with E-state index in [1.807, 2.05) is 32.0 Å². The maximum absolute atomic E-state index is 12.2. The molecule has 4 rings (SSSR count). The lowest BCUT2D eigenvalue weighted by atomic mass is 10.1. The van der Waals surface area contributed by atoms with Crippen LogP contribution in [0.5, 0.6) is 5.75 Å². The molecule has 0 radical (unpaired) electrons. The van der Waals surface area contributed by atoms with E-state index in [1.165, 1.54) is 6.07 Å². The first-order valence-electron chi connectivity index (χ1n) is 11.9. The fraction of sp³-hybridized carbons (Fsp3) is 0.360. The first-order chi connectivity index (χ1) is 17.5. The fourth-order valence-electron chi connectivity index (χ4n) is 4.03. The number of nitrogens with zero attached hydrogens (tertiary/aromatic N) is 3. The summed E-state index contributed by atoms with van der Waals surface area (Å²) in [5.74, 6) is 0.937. The van der Waals surface area contributed by atoms with Gasteiger partial charge in [0.1, 0.15) is 16.6 Å². The maximum Gasteiger partial charge on any atom is 0.231 e. The summed E-state index contributed by atoms with van der Waals surface area (Å²) in [6.07, 6.45) is 2.22. The molecule has 0 spiro atoms. The molecule has 1 aliphatic rings. The summed E-state index contributed by atoms with van der Waals surface area (Å²) in [5, 5.41) is 16.0. The van der Waals surface area contributed by atoms with Crippen molar-refractivity contribution in [3.63, 3.8) is 0 Å². The number of nitrogens with two attached hydrogens (primary N) is 1. The molecule has 2 aromatic carbocycles. The summed E-state index contributed by atoms with van der Waals surface area (Å²) >= 11 is 6.36. The number of hydrogen-bond donors (Lipinski definition) is 4. The van der Waals surface area contributed by atoms with Crippen molar-refractivity contribution in [2.75, 3.05) is 40.6 Å². The molecule has 1 saturated heterocycles. The third-order valence-corrected chi connectivity index (χ3v) is 7.35. The Bertz CT molecular complexity index is 1380. The molecule has 0 atom stereocenters. The zero-order chi connectivity index (χ0) is 26.7. The van der Waals surface area contributed by atoms with E-state index in [9.17, 15) is 13.5 Å². The van der Waals surface area contributed by atoms with Gasteiger partial charge in [-0.15, -0.1) is 0 Å². The van der Waals surface area contributed by atoms with Crippen LogP contribution in [0, 0.1) is 0 Å². The van der Waals surface area contributed by atoms with E-state index < -0.39 is 9.84 Å². The Morgan fingerprint density at radius 2 is 1.81 bits per heavy atom. The summed E-state index contributed by atoms with van der Waals surface area (Å²) < 4.78 is 30.5. The molecule has 0 aliphatic carbocycles. The minimum absolute atomic E-state index is 0.0216. The van der Waals surface area contributed by atoms with Crippen LogP contribution in [0.25, 0.3) is 0 Å². The van der Waals surface area contributed by atoms with Gasteiger partial charge in [-0.2, -0.15) is 9.97 Å². The van der Waals surface area contributed by atoms with Crippen LogP contribution in [-0.4, -0.2) is 55.0 Å². The van der Waals surface area contributed by atoms with Crippen molar-refractivity contribution < 1.29 is 18.3 Å². The monoisotopic (exact) mass is 546 g/mol. The smallest absolute Gasteiger partial charge is 0.231 e. The van der Waals surface area contributed by atoms with Crippen molar-refractivity contribution in [2.24, 2.45) is 0 Å².